The molecule has 0 bridgehead atoms. The molecule has 0 radical (unpaired) electrons. The van der Waals surface area contributed by atoms with Gasteiger partial charge in [-0.15, -0.1) is 0 Å². The van der Waals surface area contributed by atoms with E-state index in [0.717, 1.165) is 5.56 Å². The van der Waals surface area contributed by atoms with Gasteiger partial charge in [0.1, 0.15) is 0 Å². The first-order chi connectivity index (χ1) is 4.70. The second-order valence-corrected chi connectivity index (χ2v) is 3.04. The van der Waals surface area contributed by atoms with Crippen molar-refractivity contribution in [3.8, 4) is 0 Å². The van der Waals surface area contributed by atoms with Crippen LogP contribution in [0.25, 0.3) is 0 Å². The van der Waals surface area contributed by atoms with Gasteiger partial charge in [0.05, 0.1) is 4.90 Å². The molecule has 1 aromatic carbocycles. The van der Waals surface area contributed by atoms with Gasteiger partial charge in [0.2, 0.25) is 0 Å². The standard InChI is InChI=1S/C7H8O2S.K.H/c1-6-3-2-4-7(5-6)10(8)9;;/h2-5H,1H3,(H,8,9);;. The van der Waals surface area contributed by atoms with E-state index in [9.17, 15) is 4.21 Å². The average Bonchev–Trinajstić information content (AvgIpc) is 1.88. The molecule has 0 heterocycles. The van der Waals surface area contributed by atoms with Crippen LogP contribution >= 0.6 is 0 Å². The molecule has 2 nitrogen and oxygen atoms in total. The third-order valence-electron chi connectivity index (χ3n) is 1.19. The van der Waals surface area contributed by atoms with Gasteiger partial charge >= 0.3 is 51.4 Å². The Morgan fingerprint density at radius 1 is 1.45 bits per heavy atom. The van der Waals surface area contributed by atoms with E-state index in [1.54, 1.807) is 18.2 Å². The Morgan fingerprint density at radius 2 is 2.09 bits per heavy atom. The van der Waals surface area contributed by atoms with Crippen molar-refractivity contribution in [2.24, 2.45) is 0 Å². The summed E-state index contributed by atoms with van der Waals surface area (Å²) in [4.78, 5) is 0.458. The zero-order valence-corrected chi connectivity index (χ0v) is 6.39. The van der Waals surface area contributed by atoms with Crippen LogP contribution in [0, 0.1) is 6.92 Å². The summed E-state index contributed by atoms with van der Waals surface area (Å²) in [6.45, 7) is 1.89. The first-order valence-electron chi connectivity index (χ1n) is 2.87. The minimum atomic E-state index is -1.84. The number of hydrogen-bond donors (Lipinski definition) is 1. The maximum absolute atomic E-state index is 10.5. The van der Waals surface area contributed by atoms with Gasteiger partial charge in [0.15, 0.2) is 11.1 Å². The third kappa shape index (κ3) is 3.94. The van der Waals surface area contributed by atoms with E-state index in [2.05, 4.69) is 0 Å². The molecule has 1 unspecified atom stereocenters. The van der Waals surface area contributed by atoms with Gasteiger partial charge in [-0.25, -0.2) is 4.21 Å². The second kappa shape index (κ2) is 5.58. The van der Waals surface area contributed by atoms with Gasteiger partial charge in [0, 0.05) is 0 Å². The van der Waals surface area contributed by atoms with Gasteiger partial charge in [-0.2, -0.15) is 0 Å². The molecule has 0 aromatic heterocycles. The van der Waals surface area contributed by atoms with Gasteiger partial charge in [0.25, 0.3) is 0 Å². The first-order valence-corrected chi connectivity index (χ1v) is 3.98. The molecule has 56 valence electrons. The van der Waals surface area contributed by atoms with Crippen molar-refractivity contribution < 1.29 is 8.76 Å². The summed E-state index contributed by atoms with van der Waals surface area (Å²) in [6.07, 6.45) is 0. The van der Waals surface area contributed by atoms with Crippen LogP contribution in [0.15, 0.2) is 29.2 Å². The van der Waals surface area contributed by atoms with Crippen LogP contribution in [0.2, 0.25) is 0 Å². The molecule has 0 fully saturated rings. The van der Waals surface area contributed by atoms with Crippen LogP contribution in [0.1, 0.15) is 5.56 Å². The molecule has 0 spiro atoms. The second-order valence-electron chi connectivity index (χ2n) is 2.07. The Labute approximate surface area is 111 Å². The number of rotatable bonds is 1. The van der Waals surface area contributed by atoms with Crippen molar-refractivity contribution in [1.82, 2.24) is 0 Å². The van der Waals surface area contributed by atoms with E-state index >= 15 is 0 Å². The summed E-state index contributed by atoms with van der Waals surface area (Å²) in [6, 6.07) is 6.97. The van der Waals surface area contributed by atoms with Crippen molar-refractivity contribution in [2.45, 2.75) is 11.8 Å². The molecule has 1 atom stereocenters. The molecule has 0 saturated carbocycles. The van der Waals surface area contributed by atoms with E-state index in [-0.39, 0.29) is 51.4 Å². The summed E-state index contributed by atoms with van der Waals surface area (Å²) in [5, 5.41) is 0. The molecule has 0 aliphatic carbocycles. The molecule has 1 rings (SSSR count). The SMILES string of the molecule is Cc1cccc(S(=O)O)c1.[KH]. The van der Waals surface area contributed by atoms with Crippen LogP contribution < -0.4 is 0 Å². The first kappa shape index (κ1) is 12.0. The maximum atomic E-state index is 10.5. The Bertz CT molecular complexity index is 262. The fourth-order valence-electron chi connectivity index (χ4n) is 0.724. The summed E-state index contributed by atoms with van der Waals surface area (Å²) in [5.41, 5.74) is 1.000. The predicted molar refractivity (Wildman–Crippen MR) is 47.4 cm³/mol. The zero-order chi connectivity index (χ0) is 7.56. The van der Waals surface area contributed by atoms with Crippen molar-refractivity contribution in [2.75, 3.05) is 0 Å². The fourth-order valence-corrected chi connectivity index (χ4v) is 1.21. The van der Waals surface area contributed by atoms with Crippen molar-refractivity contribution in [3.63, 3.8) is 0 Å². The summed E-state index contributed by atoms with van der Waals surface area (Å²) in [5.74, 6) is 0. The van der Waals surface area contributed by atoms with Crippen molar-refractivity contribution in [3.05, 3.63) is 29.8 Å². The zero-order valence-electron chi connectivity index (χ0n) is 5.57. The van der Waals surface area contributed by atoms with E-state index in [4.69, 9.17) is 4.55 Å². The molecule has 1 N–H and O–H groups in total. The molecule has 11 heavy (non-hydrogen) atoms. The van der Waals surface area contributed by atoms with E-state index in [1.165, 1.54) is 0 Å². The summed E-state index contributed by atoms with van der Waals surface area (Å²) in [7, 11) is 0. The molecule has 0 aliphatic rings. The fraction of sp³-hybridized carbons (Fsp3) is 0.143. The minimum absolute atomic E-state index is 0. The molecule has 4 heteroatoms. The summed E-state index contributed by atoms with van der Waals surface area (Å²) < 4.78 is 19.1. The van der Waals surface area contributed by atoms with Gasteiger partial charge < -0.3 is 4.55 Å². The molecule has 0 amide bonds. The van der Waals surface area contributed by atoms with Gasteiger partial charge in [-0.05, 0) is 24.6 Å². The van der Waals surface area contributed by atoms with Crippen LogP contribution in [0.3, 0.4) is 0 Å². The topological polar surface area (TPSA) is 37.3 Å². The Hall–Kier alpha value is 0.966. The van der Waals surface area contributed by atoms with Crippen LogP contribution in [-0.4, -0.2) is 60.1 Å². The summed E-state index contributed by atoms with van der Waals surface area (Å²) >= 11 is -1.84. The Morgan fingerprint density at radius 3 is 2.45 bits per heavy atom. The Kier molecular flexibility index (Phi) is 6.07. The van der Waals surface area contributed by atoms with Crippen LogP contribution in [0.4, 0.5) is 0 Å². The molecular formula is C7H9KO2S. The van der Waals surface area contributed by atoms with E-state index < -0.39 is 11.1 Å². The van der Waals surface area contributed by atoms with Crippen molar-refractivity contribution >= 4 is 62.5 Å². The Balaban J connectivity index is 0.000001000. The normalized spacial score (nSPS) is 11.8. The monoisotopic (exact) mass is 196 g/mol. The van der Waals surface area contributed by atoms with Crippen LogP contribution in [0.5, 0.6) is 0 Å². The molecular weight excluding hydrogens is 187 g/mol. The molecule has 0 saturated heterocycles. The molecule has 1 aromatic rings. The van der Waals surface area contributed by atoms with Gasteiger partial charge in [-0.3, -0.25) is 0 Å². The number of hydrogen-bond acceptors (Lipinski definition) is 1. The number of aryl methyl sites for hydroxylation is 1. The predicted octanol–water partition coefficient (Wildman–Crippen LogP) is 0.927. The quantitative estimate of drug-likeness (QED) is 0.536. The average molecular weight is 196 g/mol. The number of benzene rings is 1. The van der Waals surface area contributed by atoms with E-state index in [1.807, 2.05) is 13.0 Å². The van der Waals surface area contributed by atoms with Crippen LogP contribution in [-0.2, 0) is 11.1 Å². The molecule has 0 aliphatic heterocycles. The van der Waals surface area contributed by atoms with Crippen molar-refractivity contribution in [1.29, 1.82) is 0 Å². The van der Waals surface area contributed by atoms with E-state index in [0.29, 0.717) is 4.90 Å². The van der Waals surface area contributed by atoms with Gasteiger partial charge in [-0.1, -0.05) is 12.1 Å². The third-order valence-corrected chi connectivity index (χ3v) is 1.85.